The molecule has 0 radical (unpaired) electrons. The van der Waals surface area contributed by atoms with E-state index in [1.807, 2.05) is 35.6 Å². The van der Waals surface area contributed by atoms with E-state index in [1.54, 1.807) is 0 Å². The Kier molecular flexibility index (Phi) is 18.7. The predicted octanol–water partition coefficient (Wildman–Crippen LogP) is 39.5. The first kappa shape index (κ1) is 82.5. The molecule has 0 saturated carbocycles. The maximum absolute atomic E-state index is 6.72. The van der Waals surface area contributed by atoms with Crippen LogP contribution >= 0.6 is 11.3 Å². The molecule has 0 amide bonds. The van der Waals surface area contributed by atoms with E-state index in [1.165, 1.54) is 74.3 Å². The van der Waals surface area contributed by atoms with Crippen molar-refractivity contribution in [1.29, 1.82) is 0 Å². The standard InChI is InChI=1S/C38H24N2O.2C32H19NO2.C32H19NOS/c1-2-12-27(13-3-1)39-33-17-9-8-16-31(33)32-24-28(20-22-34(32)39)40-35-21-18-26-11-5-7-15-30(26)38(35)41-36-23-19-25-10-4-6-14-29(25)37(36)40;1-3-10-22-20(8-1)17-19-29-30(22)33(27-18-16-21-9-2-4-11-23(21)31(27)35-29)26-14-7-13-25-24-12-5-6-15-28(24)34-32(25)26;1-3-9-23-20(7-1)14-17-30-31(23)33(27-16-13-21-8-2-4-10-24(21)32(27)35-30)22-15-18-29-26(19-22)25-11-5-6-12-28(25)34-29;1-3-9-23-20(7-1)14-17-28-31(23)33(27-16-13-21-8-2-4-10-24(21)32(27)34-28)22-15-18-30-26(19-22)25-11-5-6-12-29(25)35-30/h1-24H;3*1-19H. The second-order valence-electron chi connectivity index (χ2n) is 37.5. The number of anilines is 12. The summed E-state index contributed by atoms with van der Waals surface area (Å²) in [6.07, 6.45) is 0. The third-order valence-electron chi connectivity index (χ3n) is 29.4. The van der Waals surface area contributed by atoms with Crippen molar-refractivity contribution < 1.29 is 27.8 Å². The number of ether oxygens (including phenoxy) is 4. The van der Waals surface area contributed by atoms with Gasteiger partial charge in [0.2, 0.25) is 0 Å². The van der Waals surface area contributed by atoms with Crippen molar-refractivity contribution in [1.82, 2.24) is 4.57 Å². The molecule has 25 aromatic carbocycles. The molecule has 4 aliphatic heterocycles. The van der Waals surface area contributed by atoms with Crippen molar-refractivity contribution in [3.8, 4) is 51.7 Å². The van der Waals surface area contributed by atoms with Gasteiger partial charge in [-0.15, -0.1) is 11.3 Å². The monoisotopic (exact) mass is 1890 g/mol. The molecule has 12 heteroatoms. The van der Waals surface area contributed by atoms with Gasteiger partial charge >= 0.3 is 0 Å². The molecule has 33 rings (SSSR count). The number of para-hydroxylation sites is 5. The van der Waals surface area contributed by atoms with Gasteiger partial charge in [-0.3, -0.25) is 4.90 Å². The highest BCUT2D eigenvalue weighted by Gasteiger charge is 2.37. The van der Waals surface area contributed by atoms with Crippen molar-refractivity contribution in [3.05, 3.63) is 491 Å². The Hall–Kier alpha value is -19.4. The second-order valence-corrected chi connectivity index (χ2v) is 38.6. The molecule has 0 saturated heterocycles. The van der Waals surface area contributed by atoms with Crippen LogP contribution in [0.5, 0.6) is 46.0 Å². The van der Waals surface area contributed by atoms with Crippen molar-refractivity contribution in [2.45, 2.75) is 0 Å². The third kappa shape index (κ3) is 13.1. The Labute approximate surface area is 840 Å². The van der Waals surface area contributed by atoms with E-state index >= 15 is 0 Å². The molecule has 0 atom stereocenters. The van der Waals surface area contributed by atoms with Crippen LogP contribution in [0.15, 0.2) is 500 Å². The van der Waals surface area contributed by atoms with Crippen molar-refractivity contribution in [2.75, 3.05) is 19.6 Å². The van der Waals surface area contributed by atoms with Gasteiger partial charge in [-0.05, 0) is 189 Å². The Bertz CT molecular complexity index is 10200. The molecule has 4 aliphatic rings. The van der Waals surface area contributed by atoms with Crippen LogP contribution in [0.1, 0.15) is 0 Å². The van der Waals surface area contributed by atoms with Gasteiger partial charge in [0.25, 0.3) is 0 Å². The number of hydrogen-bond acceptors (Lipinski definition) is 11. The highest BCUT2D eigenvalue weighted by molar-refractivity contribution is 7.25. The zero-order chi connectivity index (χ0) is 95.7. The molecule has 0 aliphatic carbocycles. The van der Waals surface area contributed by atoms with Gasteiger partial charge in [0, 0.05) is 118 Å². The number of hydrogen-bond donors (Lipinski definition) is 0. The second kappa shape index (κ2) is 33.1. The maximum atomic E-state index is 6.72. The Balaban J connectivity index is 0.0000000904. The van der Waals surface area contributed by atoms with Crippen LogP contribution in [0.3, 0.4) is 0 Å². The molecule has 0 N–H and O–H groups in total. The summed E-state index contributed by atoms with van der Waals surface area (Å²) in [5.41, 5.74) is 19.8. The zero-order valence-electron chi connectivity index (χ0n) is 78.4. The van der Waals surface area contributed by atoms with E-state index in [9.17, 15) is 0 Å². The van der Waals surface area contributed by atoms with E-state index in [-0.39, 0.29) is 0 Å². The predicted molar refractivity (Wildman–Crippen MR) is 607 cm³/mol. The van der Waals surface area contributed by atoms with Crippen molar-refractivity contribution in [3.63, 3.8) is 0 Å². The van der Waals surface area contributed by atoms with E-state index in [0.29, 0.717) is 0 Å². The fourth-order valence-electron chi connectivity index (χ4n) is 22.8. The molecule has 8 heterocycles. The summed E-state index contributed by atoms with van der Waals surface area (Å²) in [7, 11) is 0. The van der Waals surface area contributed by atoms with Crippen molar-refractivity contribution >= 4 is 252 Å². The van der Waals surface area contributed by atoms with Crippen LogP contribution in [0.2, 0.25) is 0 Å². The number of benzene rings is 25. The summed E-state index contributed by atoms with van der Waals surface area (Å²) in [6, 6.07) is 173. The highest BCUT2D eigenvalue weighted by atomic mass is 32.1. The Morgan fingerprint density at radius 1 is 0.164 bits per heavy atom. The van der Waals surface area contributed by atoms with Gasteiger partial charge in [-0.25, -0.2) is 0 Å². The minimum atomic E-state index is 0.834. The van der Waals surface area contributed by atoms with Gasteiger partial charge in [-0.2, -0.15) is 0 Å². The van der Waals surface area contributed by atoms with E-state index in [4.69, 9.17) is 27.8 Å². The molecule has 684 valence electrons. The van der Waals surface area contributed by atoms with Gasteiger partial charge in [-0.1, -0.05) is 346 Å². The van der Waals surface area contributed by atoms with Gasteiger partial charge in [0.05, 0.1) is 62.2 Å². The summed E-state index contributed by atoms with van der Waals surface area (Å²) in [5, 5.41) is 27.9. The molecule has 146 heavy (non-hydrogen) atoms. The summed E-state index contributed by atoms with van der Waals surface area (Å²) in [5.74, 6) is 6.95. The first-order valence-corrected chi connectivity index (χ1v) is 50.1. The fourth-order valence-corrected chi connectivity index (χ4v) is 23.9. The number of aromatic nitrogens is 1. The SMILES string of the molecule is c1ccc(-n2c3ccccc3c3cc(N4c5ccc6ccccc6c5Oc5ccc6ccccc6c54)ccc32)cc1.c1ccc2c3c(ccc2c1)N(c1ccc2oc4ccccc4c2c1)c1c(ccc2ccccc12)O3.c1ccc2c3c(ccc2c1)N(c1ccc2sc4ccccc4c2c1)c1c(ccc2ccccc12)O3.c1ccc2c3c(ccc2c1)N(c1cccc2c1oc1ccccc12)c1c(ccc2ccccc12)O3. The fraction of sp³-hybridized carbons (Fsp3) is 0. The summed E-state index contributed by atoms with van der Waals surface area (Å²) >= 11 is 1.85. The Morgan fingerprint density at radius 3 is 0.952 bits per heavy atom. The maximum Gasteiger partial charge on any atom is 0.159 e. The topological polar surface area (TPSA) is 81.1 Å². The lowest BCUT2D eigenvalue weighted by molar-refractivity contribution is 0.483. The number of rotatable bonds is 5. The summed E-state index contributed by atoms with van der Waals surface area (Å²) in [6.45, 7) is 0. The van der Waals surface area contributed by atoms with Crippen LogP contribution in [-0.2, 0) is 0 Å². The smallest absolute Gasteiger partial charge is 0.159 e. The molecule has 0 fully saturated rings. The third-order valence-corrected chi connectivity index (χ3v) is 30.5. The molecule has 4 aromatic heterocycles. The number of fused-ring (bicyclic) bond motifs is 36. The largest absolute Gasteiger partial charge is 0.456 e. The molecule has 0 spiro atoms. The minimum absolute atomic E-state index is 0.834. The lowest BCUT2D eigenvalue weighted by Gasteiger charge is -2.34. The van der Waals surface area contributed by atoms with Gasteiger partial charge < -0.3 is 47.0 Å². The molecular formula is C134H81N5O6S. The van der Waals surface area contributed by atoms with Crippen LogP contribution in [0, 0.1) is 0 Å². The summed E-state index contributed by atoms with van der Waals surface area (Å²) in [4.78, 5) is 9.42. The minimum Gasteiger partial charge on any atom is -0.456 e. The first-order chi connectivity index (χ1) is 72.4. The van der Waals surface area contributed by atoms with Gasteiger partial charge in [0.1, 0.15) is 16.7 Å². The van der Waals surface area contributed by atoms with E-state index in [2.05, 4.69) is 491 Å². The van der Waals surface area contributed by atoms with Crippen LogP contribution in [0.25, 0.3) is 178 Å². The number of nitrogens with zero attached hydrogens (tertiary/aromatic N) is 5. The normalized spacial score (nSPS) is 12.7. The molecular weight excluding hydrogens is 1810 g/mol. The molecule has 11 nitrogen and oxygen atoms in total. The van der Waals surface area contributed by atoms with Crippen LogP contribution < -0.4 is 38.5 Å². The lowest BCUT2D eigenvalue weighted by atomic mass is 10.0. The average molecular weight is 1890 g/mol. The van der Waals surface area contributed by atoms with E-state index in [0.717, 1.165) is 218 Å². The molecule has 0 bridgehead atoms. The lowest BCUT2D eigenvalue weighted by Crippen LogP contribution is -2.16. The zero-order valence-corrected chi connectivity index (χ0v) is 79.2. The average Bonchev–Trinajstić information content (AvgIpc) is 1.60. The van der Waals surface area contributed by atoms with Crippen molar-refractivity contribution in [2.24, 2.45) is 0 Å². The number of thiophene rings is 1. The molecule has 29 aromatic rings. The van der Waals surface area contributed by atoms with Crippen LogP contribution in [0.4, 0.5) is 68.2 Å². The quantitative estimate of drug-likeness (QED) is 0.166. The van der Waals surface area contributed by atoms with Gasteiger partial charge in [0.15, 0.2) is 51.6 Å². The van der Waals surface area contributed by atoms with Crippen LogP contribution in [-0.4, -0.2) is 4.57 Å². The first-order valence-electron chi connectivity index (χ1n) is 49.3. The number of furan rings is 2. The molecule has 0 unspecified atom stereocenters. The Morgan fingerprint density at radius 2 is 0.479 bits per heavy atom. The summed E-state index contributed by atoms with van der Waals surface area (Å²) < 4.78 is 44.2. The highest BCUT2D eigenvalue weighted by Crippen LogP contribution is 2.62. The van der Waals surface area contributed by atoms with E-state index < -0.39 is 0 Å².